The Bertz CT molecular complexity index is 721. The Hall–Kier alpha value is -2.33. The standard InChI is InChI=1S/C16H15ClN4/c1-12-2-3-13(8-15(12)17)9-19-14-4-5-16(20-10-14)21-7-6-18-11-21/h2-8,10-11,19H,9H2,1H3. The van der Waals surface area contributed by atoms with Gasteiger partial charge in [-0.2, -0.15) is 0 Å². The second-order valence-corrected chi connectivity index (χ2v) is 5.22. The Kier molecular flexibility index (Phi) is 3.88. The van der Waals surface area contributed by atoms with Crippen LogP contribution in [0, 0.1) is 6.92 Å². The summed E-state index contributed by atoms with van der Waals surface area (Å²) in [6.45, 7) is 2.71. The van der Waals surface area contributed by atoms with E-state index >= 15 is 0 Å². The number of aromatic nitrogens is 3. The van der Waals surface area contributed by atoms with E-state index in [2.05, 4.69) is 21.4 Å². The molecule has 0 fully saturated rings. The molecule has 2 heterocycles. The first-order valence-corrected chi connectivity index (χ1v) is 7.03. The summed E-state index contributed by atoms with van der Waals surface area (Å²) in [7, 11) is 0. The lowest BCUT2D eigenvalue weighted by Crippen LogP contribution is -2.01. The lowest BCUT2D eigenvalue weighted by Gasteiger charge is -2.08. The molecule has 0 bridgehead atoms. The zero-order valence-electron chi connectivity index (χ0n) is 11.6. The molecular formula is C16H15ClN4. The van der Waals surface area contributed by atoms with Gasteiger partial charge in [0.25, 0.3) is 0 Å². The van der Waals surface area contributed by atoms with Crippen LogP contribution in [0.15, 0.2) is 55.2 Å². The first-order chi connectivity index (χ1) is 10.2. The fourth-order valence-corrected chi connectivity index (χ4v) is 2.19. The molecule has 1 aromatic carbocycles. The van der Waals surface area contributed by atoms with Crippen molar-refractivity contribution in [1.82, 2.24) is 14.5 Å². The Labute approximate surface area is 128 Å². The summed E-state index contributed by atoms with van der Waals surface area (Å²) in [6, 6.07) is 10.0. The highest BCUT2D eigenvalue weighted by Gasteiger charge is 2.00. The molecule has 5 heteroatoms. The number of pyridine rings is 1. The van der Waals surface area contributed by atoms with Gasteiger partial charge in [-0.25, -0.2) is 9.97 Å². The molecule has 2 aromatic heterocycles. The van der Waals surface area contributed by atoms with Crippen molar-refractivity contribution in [2.24, 2.45) is 0 Å². The number of nitrogens with one attached hydrogen (secondary N) is 1. The maximum absolute atomic E-state index is 6.12. The number of benzene rings is 1. The van der Waals surface area contributed by atoms with E-state index < -0.39 is 0 Å². The average molecular weight is 299 g/mol. The summed E-state index contributed by atoms with van der Waals surface area (Å²) in [5, 5.41) is 4.13. The molecule has 0 aliphatic heterocycles. The minimum atomic E-state index is 0.714. The van der Waals surface area contributed by atoms with Gasteiger partial charge in [-0.05, 0) is 36.2 Å². The third-order valence-corrected chi connectivity index (χ3v) is 3.66. The van der Waals surface area contributed by atoms with Crippen LogP contribution >= 0.6 is 11.6 Å². The minimum absolute atomic E-state index is 0.714. The monoisotopic (exact) mass is 298 g/mol. The summed E-state index contributed by atoms with van der Waals surface area (Å²) < 4.78 is 1.86. The summed E-state index contributed by atoms with van der Waals surface area (Å²) >= 11 is 6.12. The second-order valence-electron chi connectivity index (χ2n) is 4.81. The van der Waals surface area contributed by atoms with Crippen LogP contribution in [0.1, 0.15) is 11.1 Å². The Morgan fingerprint density at radius 3 is 2.81 bits per heavy atom. The van der Waals surface area contributed by atoms with Crippen molar-refractivity contribution in [3.63, 3.8) is 0 Å². The van der Waals surface area contributed by atoms with Gasteiger partial charge < -0.3 is 5.32 Å². The summed E-state index contributed by atoms with van der Waals surface area (Å²) in [6.07, 6.45) is 7.13. The molecule has 3 rings (SSSR count). The molecule has 4 nitrogen and oxygen atoms in total. The fraction of sp³-hybridized carbons (Fsp3) is 0.125. The van der Waals surface area contributed by atoms with E-state index in [1.165, 1.54) is 0 Å². The molecule has 0 saturated heterocycles. The molecule has 0 aliphatic carbocycles. The van der Waals surface area contributed by atoms with Gasteiger partial charge >= 0.3 is 0 Å². The van der Waals surface area contributed by atoms with Gasteiger partial charge in [-0.15, -0.1) is 0 Å². The lowest BCUT2D eigenvalue weighted by atomic mass is 10.1. The van der Waals surface area contributed by atoms with Crippen LogP contribution in [0.5, 0.6) is 0 Å². The molecule has 106 valence electrons. The molecule has 0 aliphatic rings. The van der Waals surface area contributed by atoms with Crippen LogP contribution in [-0.4, -0.2) is 14.5 Å². The number of anilines is 1. The summed E-state index contributed by atoms with van der Waals surface area (Å²) in [5.41, 5.74) is 3.20. The van der Waals surface area contributed by atoms with E-state index in [0.717, 1.165) is 27.7 Å². The van der Waals surface area contributed by atoms with E-state index in [9.17, 15) is 0 Å². The predicted octanol–water partition coefficient (Wildman–Crippen LogP) is 3.84. The fourth-order valence-electron chi connectivity index (χ4n) is 1.99. The third-order valence-electron chi connectivity index (χ3n) is 3.25. The molecule has 0 unspecified atom stereocenters. The van der Waals surface area contributed by atoms with Crippen LogP contribution in [0.4, 0.5) is 5.69 Å². The normalized spacial score (nSPS) is 10.6. The van der Waals surface area contributed by atoms with Gasteiger partial charge in [-0.3, -0.25) is 4.57 Å². The average Bonchev–Trinajstić information content (AvgIpc) is 3.03. The lowest BCUT2D eigenvalue weighted by molar-refractivity contribution is 0.990. The van der Waals surface area contributed by atoms with Crippen LogP contribution < -0.4 is 5.32 Å². The van der Waals surface area contributed by atoms with E-state index in [1.54, 1.807) is 12.5 Å². The zero-order chi connectivity index (χ0) is 14.7. The number of imidazole rings is 1. The zero-order valence-corrected chi connectivity index (χ0v) is 12.4. The van der Waals surface area contributed by atoms with Gasteiger partial charge in [0.15, 0.2) is 0 Å². The largest absolute Gasteiger partial charge is 0.380 e. The maximum atomic E-state index is 6.12. The molecule has 0 amide bonds. The van der Waals surface area contributed by atoms with Gasteiger partial charge in [0.05, 0.1) is 11.9 Å². The van der Waals surface area contributed by atoms with E-state index in [-0.39, 0.29) is 0 Å². The van der Waals surface area contributed by atoms with Crippen LogP contribution in [0.25, 0.3) is 5.82 Å². The van der Waals surface area contributed by atoms with Crippen LogP contribution in [0.2, 0.25) is 5.02 Å². The smallest absolute Gasteiger partial charge is 0.137 e. The second kappa shape index (κ2) is 5.97. The minimum Gasteiger partial charge on any atom is -0.380 e. The van der Waals surface area contributed by atoms with Gasteiger partial charge in [-0.1, -0.05) is 23.7 Å². The summed E-state index contributed by atoms with van der Waals surface area (Å²) in [5.74, 6) is 0.844. The van der Waals surface area contributed by atoms with Crippen molar-refractivity contribution in [2.75, 3.05) is 5.32 Å². The van der Waals surface area contributed by atoms with Crippen molar-refractivity contribution >= 4 is 17.3 Å². The highest BCUT2D eigenvalue weighted by molar-refractivity contribution is 6.31. The Morgan fingerprint density at radius 2 is 2.14 bits per heavy atom. The van der Waals surface area contributed by atoms with Gasteiger partial charge in [0.2, 0.25) is 0 Å². The topological polar surface area (TPSA) is 42.7 Å². The van der Waals surface area contributed by atoms with Crippen LogP contribution in [0.3, 0.4) is 0 Å². The number of rotatable bonds is 4. The van der Waals surface area contributed by atoms with E-state index in [1.807, 2.05) is 48.1 Å². The Balaban J connectivity index is 1.66. The highest BCUT2D eigenvalue weighted by atomic mass is 35.5. The molecule has 0 saturated carbocycles. The summed E-state index contributed by atoms with van der Waals surface area (Å²) in [4.78, 5) is 8.41. The molecule has 0 atom stereocenters. The number of aryl methyl sites for hydroxylation is 1. The maximum Gasteiger partial charge on any atom is 0.137 e. The van der Waals surface area contributed by atoms with Crippen molar-refractivity contribution < 1.29 is 0 Å². The molecule has 21 heavy (non-hydrogen) atoms. The van der Waals surface area contributed by atoms with Gasteiger partial charge in [0, 0.05) is 24.0 Å². The van der Waals surface area contributed by atoms with Crippen molar-refractivity contribution in [1.29, 1.82) is 0 Å². The SMILES string of the molecule is Cc1ccc(CNc2ccc(-n3ccnc3)nc2)cc1Cl. The third kappa shape index (κ3) is 3.23. The highest BCUT2D eigenvalue weighted by Crippen LogP contribution is 2.18. The first-order valence-electron chi connectivity index (χ1n) is 6.66. The van der Waals surface area contributed by atoms with Crippen molar-refractivity contribution in [2.45, 2.75) is 13.5 Å². The molecule has 3 aromatic rings. The predicted molar refractivity (Wildman–Crippen MR) is 84.9 cm³/mol. The molecule has 0 radical (unpaired) electrons. The quantitative estimate of drug-likeness (QED) is 0.796. The number of halogens is 1. The first kappa shape index (κ1) is 13.6. The van der Waals surface area contributed by atoms with Crippen molar-refractivity contribution in [3.05, 3.63) is 71.4 Å². The van der Waals surface area contributed by atoms with Crippen molar-refractivity contribution in [3.8, 4) is 5.82 Å². The van der Waals surface area contributed by atoms with Crippen LogP contribution in [-0.2, 0) is 6.54 Å². The number of hydrogen-bond acceptors (Lipinski definition) is 3. The molecule has 1 N–H and O–H groups in total. The number of nitrogens with zero attached hydrogens (tertiary/aromatic N) is 3. The van der Waals surface area contributed by atoms with E-state index in [4.69, 9.17) is 11.6 Å². The molecule has 0 spiro atoms. The molecular weight excluding hydrogens is 284 g/mol. The van der Waals surface area contributed by atoms with Gasteiger partial charge in [0.1, 0.15) is 12.1 Å². The van der Waals surface area contributed by atoms with E-state index in [0.29, 0.717) is 6.54 Å². The number of hydrogen-bond donors (Lipinski definition) is 1. The Morgan fingerprint density at radius 1 is 1.24 bits per heavy atom.